The summed E-state index contributed by atoms with van der Waals surface area (Å²) in [6.45, 7) is 4.78. The van der Waals surface area contributed by atoms with Crippen molar-refractivity contribution in [2.24, 2.45) is 5.73 Å². The van der Waals surface area contributed by atoms with Crippen LogP contribution in [0, 0.1) is 0 Å². The molecule has 4 heteroatoms. The van der Waals surface area contributed by atoms with Crippen molar-refractivity contribution in [3.63, 3.8) is 0 Å². The van der Waals surface area contributed by atoms with E-state index in [9.17, 15) is 0 Å². The highest BCUT2D eigenvalue weighted by Gasteiger charge is 1.86. The van der Waals surface area contributed by atoms with E-state index in [1.165, 1.54) is 12.2 Å². The first-order chi connectivity index (χ1) is 5.70. The predicted molar refractivity (Wildman–Crippen MR) is 48.7 cm³/mol. The zero-order valence-electron chi connectivity index (χ0n) is 6.83. The van der Waals surface area contributed by atoms with Gasteiger partial charge in [0.25, 0.3) is 0 Å². The third-order valence-electron chi connectivity index (χ3n) is 1.08. The van der Waals surface area contributed by atoms with Crippen molar-refractivity contribution < 1.29 is 10.2 Å². The van der Waals surface area contributed by atoms with E-state index >= 15 is 0 Å². The molecule has 0 amide bonds. The number of nitrogens with one attached hydrogen (secondary N) is 1. The molecule has 0 radical (unpaired) electrons. The third-order valence-corrected chi connectivity index (χ3v) is 1.08. The van der Waals surface area contributed by atoms with Crippen molar-refractivity contribution in [1.29, 1.82) is 0 Å². The van der Waals surface area contributed by atoms with Crippen molar-refractivity contribution in [1.82, 2.24) is 5.32 Å². The molecule has 0 spiro atoms. The first-order valence-corrected chi connectivity index (χ1v) is 3.55. The Morgan fingerprint density at radius 3 is 2.67 bits per heavy atom. The molecule has 4 nitrogen and oxygen atoms in total. The molecule has 0 fully saturated rings. The second kappa shape index (κ2) is 6.30. The van der Waals surface area contributed by atoms with Crippen LogP contribution >= 0.6 is 0 Å². The van der Waals surface area contributed by atoms with E-state index in [2.05, 4.69) is 11.9 Å². The SMILES string of the molecule is C=C(/C=C\C(O)=C\O)NCCN. The molecule has 68 valence electrons. The van der Waals surface area contributed by atoms with Gasteiger partial charge in [-0.05, 0) is 12.2 Å². The Morgan fingerprint density at radius 1 is 1.50 bits per heavy atom. The van der Waals surface area contributed by atoms with Gasteiger partial charge in [-0.2, -0.15) is 0 Å². The fourth-order valence-electron chi connectivity index (χ4n) is 0.521. The van der Waals surface area contributed by atoms with Crippen LogP contribution in [-0.2, 0) is 0 Å². The lowest BCUT2D eigenvalue weighted by Crippen LogP contribution is -2.20. The molecule has 0 aromatic carbocycles. The van der Waals surface area contributed by atoms with E-state index in [1.807, 2.05) is 0 Å². The molecular formula is C8H14N2O2. The van der Waals surface area contributed by atoms with Crippen molar-refractivity contribution in [3.05, 3.63) is 36.4 Å². The molecule has 0 saturated heterocycles. The number of allylic oxidation sites excluding steroid dienone is 2. The van der Waals surface area contributed by atoms with Gasteiger partial charge in [0.15, 0.2) is 0 Å². The minimum Gasteiger partial charge on any atom is -0.512 e. The molecular weight excluding hydrogens is 156 g/mol. The lowest BCUT2D eigenvalue weighted by molar-refractivity contribution is 0.377. The summed E-state index contributed by atoms with van der Waals surface area (Å²) in [5.74, 6) is -0.217. The third kappa shape index (κ3) is 5.37. The largest absolute Gasteiger partial charge is 0.512 e. The summed E-state index contributed by atoms with van der Waals surface area (Å²) in [6, 6.07) is 0. The van der Waals surface area contributed by atoms with E-state index in [0.29, 0.717) is 25.0 Å². The number of aliphatic hydroxyl groups is 2. The van der Waals surface area contributed by atoms with Crippen molar-refractivity contribution in [2.45, 2.75) is 0 Å². The van der Waals surface area contributed by atoms with E-state index in [-0.39, 0.29) is 5.76 Å². The van der Waals surface area contributed by atoms with Gasteiger partial charge in [0.2, 0.25) is 0 Å². The Kier molecular flexibility index (Phi) is 5.55. The highest BCUT2D eigenvalue weighted by atomic mass is 16.3. The quantitative estimate of drug-likeness (QED) is 0.359. The molecule has 0 heterocycles. The highest BCUT2D eigenvalue weighted by molar-refractivity contribution is 5.19. The smallest absolute Gasteiger partial charge is 0.149 e. The first kappa shape index (κ1) is 10.6. The predicted octanol–water partition coefficient (Wildman–Crippen LogP) is 0.562. The van der Waals surface area contributed by atoms with E-state index in [4.69, 9.17) is 15.9 Å². The van der Waals surface area contributed by atoms with E-state index < -0.39 is 0 Å². The average molecular weight is 170 g/mol. The summed E-state index contributed by atoms with van der Waals surface area (Å²) < 4.78 is 0. The Balaban J connectivity index is 3.76. The minimum atomic E-state index is -0.217. The van der Waals surface area contributed by atoms with Gasteiger partial charge in [0.1, 0.15) is 12.0 Å². The lowest BCUT2D eigenvalue weighted by atomic mass is 10.4. The topological polar surface area (TPSA) is 78.5 Å². The van der Waals surface area contributed by atoms with Crippen LogP contribution in [0.4, 0.5) is 0 Å². The Bertz CT molecular complexity index is 197. The molecule has 0 rings (SSSR count). The molecule has 0 bridgehead atoms. The Hall–Kier alpha value is -1.42. The highest BCUT2D eigenvalue weighted by Crippen LogP contribution is 1.92. The number of nitrogens with two attached hydrogens (primary N) is 1. The fraction of sp³-hybridized carbons (Fsp3) is 0.250. The Labute approximate surface area is 71.7 Å². The van der Waals surface area contributed by atoms with Crippen LogP contribution in [-0.4, -0.2) is 23.3 Å². The number of aliphatic hydroxyl groups excluding tert-OH is 2. The average Bonchev–Trinajstić information content (AvgIpc) is 2.10. The molecule has 0 aliphatic rings. The maximum absolute atomic E-state index is 8.76. The second-order valence-electron chi connectivity index (χ2n) is 2.13. The molecule has 0 aliphatic carbocycles. The monoisotopic (exact) mass is 170 g/mol. The summed E-state index contributed by atoms with van der Waals surface area (Å²) in [5.41, 5.74) is 5.86. The van der Waals surface area contributed by atoms with Crippen LogP contribution < -0.4 is 11.1 Å². The number of rotatable bonds is 5. The zero-order valence-corrected chi connectivity index (χ0v) is 6.83. The van der Waals surface area contributed by atoms with Crippen LogP contribution in [0.1, 0.15) is 0 Å². The van der Waals surface area contributed by atoms with Gasteiger partial charge < -0.3 is 21.3 Å². The van der Waals surface area contributed by atoms with Crippen LogP contribution in [0.5, 0.6) is 0 Å². The number of hydrogen-bond acceptors (Lipinski definition) is 4. The summed E-state index contributed by atoms with van der Waals surface area (Å²) in [5, 5.41) is 19.9. The fourth-order valence-corrected chi connectivity index (χ4v) is 0.521. The molecule has 0 unspecified atom stereocenters. The molecule has 0 atom stereocenters. The summed E-state index contributed by atoms with van der Waals surface area (Å²) in [7, 11) is 0. The van der Waals surface area contributed by atoms with Crippen molar-refractivity contribution >= 4 is 0 Å². The van der Waals surface area contributed by atoms with Crippen LogP contribution in [0.15, 0.2) is 36.4 Å². The van der Waals surface area contributed by atoms with Gasteiger partial charge >= 0.3 is 0 Å². The summed E-state index contributed by atoms with van der Waals surface area (Å²) in [4.78, 5) is 0. The van der Waals surface area contributed by atoms with Gasteiger partial charge in [0, 0.05) is 18.8 Å². The molecule has 0 aliphatic heterocycles. The Morgan fingerprint density at radius 2 is 2.17 bits per heavy atom. The van der Waals surface area contributed by atoms with Gasteiger partial charge in [-0.15, -0.1) is 0 Å². The van der Waals surface area contributed by atoms with Crippen LogP contribution in [0.25, 0.3) is 0 Å². The first-order valence-electron chi connectivity index (χ1n) is 3.55. The summed E-state index contributed by atoms with van der Waals surface area (Å²) >= 11 is 0. The minimum absolute atomic E-state index is 0.217. The van der Waals surface area contributed by atoms with Crippen LogP contribution in [0.3, 0.4) is 0 Å². The van der Waals surface area contributed by atoms with E-state index in [1.54, 1.807) is 0 Å². The molecule has 0 aromatic heterocycles. The van der Waals surface area contributed by atoms with Gasteiger partial charge in [-0.25, -0.2) is 0 Å². The second-order valence-corrected chi connectivity index (χ2v) is 2.13. The van der Waals surface area contributed by atoms with Gasteiger partial charge in [0.05, 0.1) is 0 Å². The van der Waals surface area contributed by atoms with Crippen molar-refractivity contribution in [3.8, 4) is 0 Å². The molecule has 0 aromatic rings. The van der Waals surface area contributed by atoms with Gasteiger partial charge in [-0.3, -0.25) is 0 Å². The molecule has 12 heavy (non-hydrogen) atoms. The van der Waals surface area contributed by atoms with Crippen molar-refractivity contribution in [2.75, 3.05) is 13.1 Å². The lowest BCUT2D eigenvalue weighted by Gasteiger charge is -2.01. The summed E-state index contributed by atoms with van der Waals surface area (Å²) in [6.07, 6.45) is 3.47. The molecule has 0 saturated carbocycles. The maximum atomic E-state index is 8.76. The molecule has 5 N–H and O–H groups in total. The number of hydrogen-bond donors (Lipinski definition) is 4. The van der Waals surface area contributed by atoms with Crippen LogP contribution in [0.2, 0.25) is 0 Å². The van der Waals surface area contributed by atoms with E-state index in [0.717, 1.165) is 0 Å². The normalized spacial score (nSPS) is 11.9. The van der Waals surface area contributed by atoms with Gasteiger partial charge in [-0.1, -0.05) is 6.58 Å². The zero-order chi connectivity index (χ0) is 9.40. The maximum Gasteiger partial charge on any atom is 0.149 e. The standard InChI is InChI=1S/C8H14N2O2/c1-7(10-5-4-9)2-3-8(12)6-11/h2-3,6,10-12H,1,4-5,9H2/b3-2-,8-6-.